The van der Waals surface area contributed by atoms with Gasteiger partial charge in [-0.15, -0.1) is 0 Å². The van der Waals surface area contributed by atoms with Crippen molar-refractivity contribution in [3.8, 4) is 16.9 Å². The van der Waals surface area contributed by atoms with E-state index in [1.807, 2.05) is 6.07 Å². The van der Waals surface area contributed by atoms with Crippen LogP contribution in [0, 0.1) is 0 Å². The molecule has 26 heavy (non-hydrogen) atoms. The van der Waals surface area contributed by atoms with E-state index < -0.39 is 8.64 Å². The summed E-state index contributed by atoms with van der Waals surface area (Å²) in [5.41, 5.74) is 2.13. The first-order valence-corrected chi connectivity index (χ1v) is 11.9. The third-order valence-electron chi connectivity index (χ3n) is 4.04. The van der Waals surface area contributed by atoms with E-state index in [1.165, 1.54) is 0 Å². The highest BCUT2D eigenvalue weighted by Crippen LogP contribution is 2.37. The summed E-state index contributed by atoms with van der Waals surface area (Å²) in [5, 5.41) is 0.879. The van der Waals surface area contributed by atoms with Crippen LogP contribution in [0.25, 0.3) is 0 Å². The molecule has 0 atom stereocenters. The first-order chi connectivity index (χ1) is 12.8. The second-order valence-electron chi connectivity index (χ2n) is 6.53. The van der Waals surface area contributed by atoms with Gasteiger partial charge in [0.05, 0.1) is 26.4 Å². The molecule has 1 aromatic heterocycles. The molecule has 1 rings (SSSR count). The zero-order valence-corrected chi connectivity index (χ0v) is 18.3. The Morgan fingerprint density at radius 2 is 1.23 bits per heavy atom. The van der Waals surface area contributed by atoms with Crippen molar-refractivity contribution in [1.29, 1.82) is 0 Å². The van der Waals surface area contributed by atoms with Crippen LogP contribution in [0.1, 0.15) is 79.1 Å². The lowest BCUT2D eigenvalue weighted by molar-refractivity contribution is 0.237. The monoisotopic (exact) mass is 382 g/mol. The minimum absolute atomic E-state index is 0.686. The molecule has 0 saturated carbocycles. The van der Waals surface area contributed by atoms with Gasteiger partial charge in [-0.3, -0.25) is 0 Å². The molecule has 1 heterocycles. The molecule has 0 bridgehead atoms. The van der Waals surface area contributed by atoms with Crippen molar-refractivity contribution >= 4 is 8.64 Å². The fraction of sp³-hybridized carbons (Fsp3) is 0.762. The second kappa shape index (κ2) is 14.9. The Balaban J connectivity index is 3.04. The summed E-state index contributed by atoms with van der Waals surface area (Å²) in [6, 6.07) is 2.03. The summed E-state index contributed by atoms with van der Waals surface area (Å²) < 4.78 is 24.5. The van der Waals surface area contributed by atoms with E-state index in [0.717, 1.165) is 74.8 Å². The lowest BCUT2D eigenvalue weighted by Crippen LogP contribution is -2.19. The Bertz CT molecular complexity index is 436. The van der Waals surface area contributed by atoms with Gasteiger partial charge in [0.1, 0.15) is 0 Å². The molecule has 0 amide bonds. The summed E-state index contributed by atoms with van der Waals surface area (Å²) in [5.74, 6) is 1.58. The van der Waals surface area contributed by atoms with Crippen molar-refractivity contribution < 1.29 is 18.6 Å². The van der Waals surface area contributed by atoms with Crippen molar-refractivity contribution in [2.45, 2.75) is 79.1 Å². The number of hydrogen-bond acceptors (Lipinski definition) is 4. The maximum absolute atomic E-state index is 6.17. The summed E-state index contributed by atoms with van der Waals surface area (Å²) in [7, 11) is -1.34. The first kappa shape index (κ1) is 22.8. The Hall–Kier alpha value is -1.23. The van der Waals surface area contributed by atoms with Gasteiger partial charge >= 0.3 is 8.64 Å². The van der Waals surface area contributed by atoms with E-state index in [0.29, 0.717) is 19.8 Å². The molecule has 0 fully saturated rings. The molecule has 5 heteroatoms. The Labute approximate surface area is 161 Å². The van der Waals surface area contributed by atoms with Crippen molar-refractivity contribution in [3.63, 3.8) is 0 Å². The first-order valence-electron chi connectivity index (χ1n) is 10.5. The van der Waals surface area contributed by atoms with E-state index in [4.69, 9.17) is 18.6 Å². The van der Waals surface area contributed by atoms with Gasteiger partial charge in [-0.05, 0) is 37.4 Å². The summed E-state index contributed by atoms with van der Waals surface area (Å²) in [6.07, 6.45) is 8.62. The molecule has 0 aliphatic heterocycles. The molecule has 150 valence electrons. The molecule has 0 saturated heterocycles. The van der Waals surface area contributed by atoms with E-state index in [-0.39, 0.29) is 0 Å². The van der Waals surface area contributed by atoms with Crippen LogP contribution in [0.2, 0.25) is 0 Å². The maximum atomic E-state index is 6.17. The lowest BCUT2D eigenvalue weighted by atomic mass is 10.3. The van der Waals surface area contributed by atoms with Gasteiger partial charge in [0.15, 0.2) is 11.1 Å². The van der Waals surface area contributed by atoms with Crippen LogP contribution in [0.5, 0.6) is 16.9 Å². The van der Waals surface area contributed by atoms with Crippen molar-refractivity contribution in [1.82, 2.24) is 0 Å². The molecule has 0 radical (unpaired) electrons. The maximum Gasteiger partial charge on any atom is 0.313 e. The topological polar surface area (TPSA) is 36.9 Å². The predicted octanol–water partition coefficient (Wildman–Crippen LogP) is 5.48. The van der Waals surface area contributed by atoms with Crippen molar-refractivity contribution in [3.05, 3.63) is 11.7 Å². The van der Waals surface area contributed by atoms with Crippen molar-refractivity contribution in [2.75, 3.05) is 26.4 Å². The molecule has 0 unspecified atom stereocenters. The van der Waals surface area contributed by atoms with E-state index >= 15 is 0 Å². The predicted molar refractivity (Wildman–Crippen MR) is 110 cm³/mol. The van der Waals surface area contributed by atoms with Crippen LogP contribution in [0.15, 0.2) is 11.7 Å². The Morgan fingerprint density at radius 3 is 1.85 bits per heavy atom. The number of ether oxygens (including phenoxy) is 3. The highest BCUT2D eigenvalue weighted by Gasteiger charge is 2.20. The van der Waals surface area contributed by atoms with Gasteiger partial charge in [0.25, 0.3) is 0 Å². The summed E-state index contributed by atoms with van der Waals surface area (Å²) in [6.45, 7) is 11.6. The molecular weight excluding hydrogens is 344 g/mol. The largest absolute Gasteiger partial charge is 0.545 e. The molecule has 0 N–H and O–H groups in total. The third-order valence-corrected chi connectivity index (χ3v) is 5.84. The third kappa shape index (κ3) is 8.43. The van der Waals surface area contributed by atoms with Gasteiger partial charge < -0.3 is 18.6 Å². The SMILES string of the molecule is CCCCOc1cc[si](OCCCC)c(OCCCC)c1OCCCC. The van der Waals surface area contributed by atoms with Crippen LogP contribution in [0.3, 0.4) is 0 Å². The average Bonchev–Trinajstić information content (AvgIpc) is 2.65. The van der Waals surface area contributed by atoms with Gasteiger partial charge in [-0.1, -0.05) is 53.4 Å². The number of rotatable bonds is 16. The van der Waals surface area contributed by atoms with Crippen LogP contribution in [-0.2, 0) is 0 Å². The number of unbranched alkanes of at least 4 members (excludes halogenated alkanes) is 4. The highest BCUT2D eigenvalue weighted by atomic mass is 28.3. The highest BCUT2D eigenvalue weighted by molar-refractivity contribution is 6.50. The van der Waals surface area contributed by atoms with Crippen LogP contribution >= 0.6 is 0 Å². The van der Waals surface area contributed by atoms with E-state index in [9.17, 15) is 0 Å². The normalized spacial score (nSPS) is 10.6. The molecule has 0 aromatic carbocycles. The Kier molecular flexibility index (Phi) is 13.1. The second-order valence-corrected chi connectivity index (χ2v) is 8.33. The van der Waals surface area contributed by atoms with E-state index in [1.54, 1.807) is 0 Å². The fourth-order valence-corrected chi connectivity index (χ4v) is 4.03. The number of hydrogen-bond donors (Lipinski definition) is 0. The van der Waals surface area contributed by atoms with Gasteiger partial charge in [0, 0.05) is 0 Å². The van der Waals surface area contributed by atoms with Gasteiger partial charge in [-0.2, -0.15) is 0 Å². The molecular formula is C21H38O4Si. The van der Waals surface area contributed by atoms with Crippen LogP contribution in [-0.4, -0.2) is 35.1 Å². The molecule has 4 nitrogen and oxygen atoms in total. The van der Waals surface area contributed by atoms with Crippen LogP contribution < -0.4 is 18.6 Å². The van der Waals surface area contributed by atoms with Crippen molar-refractivity contribution in [2.24, 2.45) is 0 Å². The standard InChI is InChI=1S/C21H38O4Si/c1-5-9-14-22-19-13-18-26(25-17-12-8-4)21(24-16-11-7-3)20(19)23-15-10-6-2/h13,18H,5-12,14-17H2,1-4H3. The van der Waals surface area contributed by atoms with Gasteiger partial charge in [0.2, 0.25) is 5.75 Å². The molecule has 1 aromatic rings. The lowest BCUT2D eigenvalue weighted by Gasteiger charge is -2.19. The quantitative estimate of drug-likeness (QED) is 0.280. The summed E-state index contributed by atoms with van der Waals surface area (Å²) >= 11 is 0. The smallest absolute Gasteiger partial charge is 0.313 e. The summed E-state index contributed by atoms with van der Waals surface area (Å²) in [4.78, 5) is 0. The zero-order chi connectivity index (χ0) is 19.0. The minimum Gasteiger partial charge on any atom is -0.545 e. The van der Waals surface area contributed by atoms with E-state index in [2.05, 4.69) is 33.4 Å². The molecule has 0 spiro atoms. The Morgan fingerprint density at radius 1 is 0.692 bits per heavy atom. The average molecular weight is 383 g/mol. The van der Waals surface area contributed by atoms with Gasteiger partial charge in [-0.25, -0.2) is 0 Å². The minimum atomic E-state index is -1.34. The molecule has 0 aliphatic carbocycles. The molecule has 0 aliphatic rings. The fourth-order valence-electron chi connectivity index (χ4n) is 2.32. The van der Waals surface area contributed by atoms with Crippen LogP contribution in [0.4, 0.5) is 0 Å². The zero-order valence-electron chi connectivity index (χ0n) is 17.3.